The van der Waals surface area contributed by atoms with Crippen molar-refractivity contribution in [2.75, 3.05) is 0 Å². The normalized spacial score (nSPS) is 64.1. The van der Waals surface area contributed by atoms with Crippen LogP contribution in [0.25, 0.3) is 0 Å². The minimum Gasteiger partial charge on any atom is -0.481 e. The van der Waals surface area contributed by atoms with Crippen LogP contribution in [-0.4, -0.2) is 22.2 Å². The second kappa shape index (κ2) is 5.35. The first-order valence-corrected chi connectivity index (χ1v) is 12.6. The van der Waals surface area contributed by atoms with Crippen LogP contribution >= 0.6 is 0 Å². The Morgan fingerprint density at radius 3 is 1.37 bits per heavy atom. The van der Waals surface area contributed by atoms with Crippen LogP contribution in [0.4, 0.5) is 0 Å². The average molecular weight is 409 g/mol. The predicted molar refractivity (Wildman–Crippen MR) is 108 cm³/mol. The van der Waals surface area contributed by atoms with Crippen LogP contribution in [0.15, 0.2) is 12.2 Å². The molecule has 7 fully saturated rings. The summed E-state index contributed by atoms with van der Waals surface area (Å²) in [6.07, 6.45) is 10.9. The van der Waals surface area contributed by atoms with Gasteiger partial charge >= 0.3 is 11.9 Å². The molecular formula is C26H32O4. The minimum absolute atomic E-state index is 0.111. The van der Waals surface area contributed by atoms with Crippen molar-refractivity contribution in [1.82, 2.24) is 0 Å². The first kappa shape index (κ1) is 17.3. The van der Waals surface area contributed by atoms with Gasteiger partial charge in [-0.25, -0.2) is 0 Å². The lowest BCUT2D eigenvalue weighted by Crippen LogP contribution is -2.48. The molecule has 7 saturated carbocycles. The van der Waals surface area contributed by atoms with Crippen LogP contribution < -0.4 is 0 Å². The van der Waals surface area contributed by atoms with Crippen molar-refractivity contribution in [1.29, 1.82) is 0 Å². The number of carbonyl (C=O) groups is 2. The van der Waals surface area contributed by atoms with Crippen molar-refractivity contribution in [2.45, 2.75) is 38.5 Å². The highest BCUT2D eigenvalue weighted by molar-refractivity contribution is 5.69. The zero-order valence-corrected chi connectivity index (χ0v) is 17.3. The highest BCUT2D eigenvalue weighted by atomic mass is 16.4. The molecule has 8 aliphatic rings. The van der Waals surface area contributed by atoms with Gasteiger partial charge in [0.15, 0.2) is 0 Å². The van der Waals surface area contributed by atoms with E-state index < -0.39 is 11.9 Å². The Morgan fingerprint density at radius 1 is 0.567 bits per heavy atom. The molecule has 0 aliphatic heterocycles. The van der Waals surface area contributed by atoms with Crippen LogP contribution in [0.2, 0.25) is 0 Å². The SMILES string of the molecule is O=C(O)CC1C(CC(=O)O)C2CC1C1C3CC(C21)C1C2CC(C4C5C=CC(C5)C24)C31. The highest BCUT2D eigenvalue weighted by Crippen LogP contribution is 2.81. The number of fused-ring (bicyclic) bond motifs is 23. The van der Waals surface area contributed by atoms with Crippen molar-refractivity contribution < 1.29 is 19.8 Å². The predicted octanol–water partition coefficient (Wildman–Crippen LogP) is 4.02. The maximum atomic E-state index is 11.6. The highest BCUT2D eigenvalue weighted by Gasteiger charge is 2.76. The topological polar surface area (TPSA) is 74.6 Å². The summed E-state index contributed by atoms with van der Waals surface area (Å²) >= 11 is 0. The van der Waals surface area contributed by atoms with E-state index in [9.17, 15) is 19.8 Å². The van der Waals surface area contributed by atoms with Gasteiger partial charge in [0.25, 0.3) is 0 Å². The van der Waals surface area contributed by atoms with E-state index in [1.165, 1.54) is 19.3 Å². The fraction of sp³-hybridized carbons (Fsp3) is 0.846. The summed E-state index contributed by atoms with van der Waals surface area (Å²) in [4.78, 5) is 23.3. The molecule has 8 bridgehead atoms. The molecule has 0 aromatic carbocycles. The Labute approximate surface area is 177 Å². The molecule has 8 rings (SSSR count). The van der Waals surface area contributed by atoms with E-state index in [0.717, 1.165) is 77.4 Å². The summed E-state index contributed by atoms with van der Waals surface area (Å²) in [5.41, 5.74) is 0. The average Bonchev–Trinajstić information content (AvgIpc) is 3.49. The van der Waals surface area contributed by atoms with Crippen molar-refractivity contribution in [2.24, 2.45) is 94.7 Å². The van der Waals surface area contributed by atoms with Gasteiger partial charge in [-0.1, -0.05) is 12.2 Å². The number of carboxylic acids is 2. The van der Waals surface area contributed by atoms with Gasteiger partial charge in [0.05, 0.1) is 0 Å². The maximum absolute atomic E-state index is 11.6. The Balaban J connectivity index is 1.15. The van der Waals surface area contributed by atoms with Crippen molar-refractivity contribution in [3.63, 3.8) is 0 Å². The quantitative estimate of drug-likeness (QED) is 0.544. The molecular weight excluding hydrogens is 376 g/mol. The summed E-state index contributed by atoms with van der Waals surface area (Å²) in [5.74, 6) is 10.3. The summed E-state index contributed by atoms with van der Waals surface area (Å²) in [5, 5.41) is 19.1. The van der Waals surface area contributed by atoms with Gasteiger partial charge in [0.2, 0.25) is 0 Å². The largest absolute Gasteiger partial charge is 0.481 e. The van der Waals surface area contributed by atoms with Crippen molar-refractivity contribution >= 4 is 11.9 Å². The van der Waals surface area contributed by atoms with E-state index in [-0.39, 0.29) is 24.7 Å². The number of allylic oxidation sites excluding steroid dienone is 2. The molecule has 0 amide bonds. The third-order valence-corrected chi connectivity index (χ3v) is 12.5. The van der Waals surface area contributed by atoms with Gasteiger partial charge in [0, 0.05) is 12.8 Å². The van der Waals surface area contributed by atoms with Gasteiger partial charge in [-0.15, -0.1) is 0 Å². The van der Waals surface area contributed by atoms with E-state index in [2.05, 4.69) is 12.2 Å². The summed E-state index contributed by atoms with van der Waals surface area (Å²) < 4.78 is 0. The molecule has 0 aromatic rings. The first-order valence-electron chi connectivity index (χ1n) is 12.6. The third kappa shape index (κ3) is 1.77. The lowest BCUT2D eigenvalue weighted by Gasteiger charge is -2.52. The molecule has 160 valence electrons. The van der Waals surface area contributed by atoms with Crippen LogP contribution in [0.3, 0.4) is 0 Å². The maximum Gasteiger partial charge on any atom is 0.303 e. The Kier molecular flexibility index (Phi) is 3.08. The Hall–Kier alpha value is -1.32. The fourth-order valence-electron chi connectivity index (χ4n) is 12.8. The lowest BCUT2D eigenvalue weighted by molar-refractivity contribution is -0.144. The van der Waals surface area contributed by atoms with E-state index in [4.69, 9.17) is 0 Å². The monoisotopic (exact) mass is 408 g/mol. The molecule has 16 atom stereocenters. The Bertz CT molecular complexity index is 812. The van der Waals surface area contributed by atoms with Crippen LogP contribution in [0, 0.1) is 94.7 Å². The lowest BCUT2D eigenvalue weighted by atomic mass is 9.53. The zero-order valence-electron chi connectivity index (χ0n) is 17.3. The number of carboxylic acid groups (broad SMARTS) is 2. The van der Waals surface area contributed by atoms with E-state index in [1.54, 1.807) is 0 Å². The van der Waals surface area contributed by atoms with Crippen LogP contribution in [0.5, 0.6) is 0 Å². The smallest absolute Gasteiger partial charge is 0.303 e. The first-order chi connectivity index (χ1) is 14.5. The second-order valence-corrected chi connectivity index (χ2v) is 12.6. The fourth-order valence-corrected chi connectivity index (χ4v) is 12.8. The molecule has 0 radical (unpaired) electrons. The third-order valence-electron chi connectivity index (χ3n) is 12.5. The number of hydrogen-bond donors (Lipinski definition) is 2. The summed E-state index contributed by atoms with van der Waals surface area (Å²) in [6.45, 7) is 0. The molecule has 0 aromatic heterocycles. The number of hydrogen-bond acceptors (Lipinski definition) is 2. The number of aliphatic carboxylic acids is 2. The van der Waals surface area contributed by atoms with Gasteiger partial charge in [-0.05, 0) is 120 Å². The second-order valence-electron chi connectivity index (χ2n) is 12.6. The summed E-state index contributed by atoms with van der Waals surface area (Å²) in [6, 6.07) is 0. The molecule has 4 nitrogen and oxygen atoms in total. The molecule has 4 heteroatoms. The Morgan fingerprint density at radius 2 is 0.933 bits per heavy atom. The zero-order chi connectivity index (χ0) is 20.0. The standard InChI is InChI=1S/C26H32O4/c27-19(28)7-11-12(8-20(29)30)14-4-13(11)23-17-6-18(24(14)23)26-16-5-15(25(17)26)21-9-1-2-10(3-9)22(16)21/h1-2,9-18,21-26H,3-8H2,(H,27,28)(H,29,30). The van der Waals surface area contributed by atoms with E-state index in [0.29, 0.717) is 11.8 Å². The van der Waals surface area contributed by atoms with Crippen LogP contribution in [-0.2, 0) is 9.59 Å². The van der Waals surface area contributed by atoms with E-state index >= 15 is 0 Å². The molecule has 0 spiro atoms. The molecule has 2 N–H and O–H groups in total. The molecule has 0 saturated heterocycles. The van der Waals surface area contributed by atoms with Crippen molar-refractivity contribution in [3.8, 4) is 0 Å². The van der Waals surface area contributed by atoms with Gasteiger partial charge in [0.1, 0.15) is 0 Å². The summed E-state index contributed by atoms with van der Waals surface area (Å²) in [7, 11) is 0. The molecule has 16 unspecified atom stereocenters. The molecule has 0 heterocycles. The number of rotatable bonds is 4. The van der Waals surface area contributed by atoms with Crippen LogP contribution in [0.1, 0.15) is 38.5 Å². The van der Waals surface area contributed by atoms with Crippen molar-refractivity contribution in [3.05, 3.63) is 12.2 Å². The molecule has 8 aliphatic carbocycles. The van der Waals surface area contributed by atoms with Gasteiger partial charge in [-0.2, -0.15) is 0 Å². The minimum atomic E-state index is -0.725. The van der Waals surface area contributed by atoms with E-state index in [1.807, 2.05) is 0 Å². The van der Waals surface area contributed by atoms with Gasteiger partial charge in [-0.3, -0.25) is 9.59 Å². The van der Waals surface area contributed by atoms with Gasteiger partial charge < -0.3 is 10.2 Å². The molecule has 30 heavy (non-hydrogen) atoms.